The summed E-state index contributed by atoms with van der Waals surface area (Å²) in [6, 6.07) is 5.78. The second-order valence-electron chi connectivity index (χ2n) is 3.24. The largest absolute Gasteiger partial charge is 0.376 e. The van der Waals surface area contributed by atoms with Gasteiger partial charge in [-0.05, 0) is 18.2 Å². The van der Waals surface area contributed by atoms with E-state index in [1.165, 1.54) is 6.92 Å². The van der Waals surface area contributed by atoms with Gasteiger partial charge in [-0.3, -0.25) is 4.79 Å². The number of nitrogens with one attached hydrogen (secondary N) is 1. The van der Waals surface area contributed by atoms with Crippen LogP contribution in [0.2, 0.25) is 0 Å². The molecule has 0 heterocycles. The van der Waals surface area contributed by atoms with Crippen LogP contribution in [0.4, 0.5) is 11.4 Å². The molecular formula is C10H13BrN2O. The Bertz CT molecular complexity index is 350. The molecule has 0 aliphatic carbocycles. The Balaban J connectivity index is 3.09. The molecule has 1 aromatic rings. The molecule has 0 radical (unpaired) electrons. The van der Waals surface area contributed by atoms with Gasteiger partial charge in [0.25, 0.3) is 0 Å². The van der Waals surface area contributed by atoms with Gasteiger partial charge < -0.3 is 10.2 Å². The van der Waals surface area contributed by atoms with Crippen molar-refractivity contribution in [3.05, 3.63) is 22.7 Å². The molecule has 0 saturated carbocycles. The van der Waals surface area contributed by atoms with Crippen LogP contribution in [0.25, 0.3) is 0 Å². The quantitative estimate of drug-likeness (QED) is 0.882. The van der Waals surface area contributed by atoms with Crippen molar-refractivity contribution in [3.63, 3.8) is 0 Å². The fourth-order valence-corrected chi connectivity index (χ4v) is 1.55. The number of nitrogens with zero attached hydrogens (tertiary/aromatic N) is 1. The van der Waals surface area contributed by atoms with E-state index in [1.807, 2.05) is 37.2 Å². The number of benzene rings is 1. The van der Waals surface area contributed by atoms with Gasteiger partial charge in [-0.2, -0.15) is 0 Å². The second kappa shape index (κ2) is 4.46. The van der Waals surface area contributed by atoms with Gasteiger partial charge >= 0.3 is 0 Å². The molecule has 0 aromatic heterocycles. The molecular weight excluding hydrogens is 244 g/mol. The molecule has 14 heavy (non-hydrogen) atoms. The average molecular weight is 257 g/mol. The van der Waals surface area contributed by atoms with Crippen molar-refractivity contribution in [2.75, 3.05) is 24.3 Å². The van der Waals surface area contributed by atoms with E-state index in [-0.39, 0.29) is 5.91 Å². The maximum absolute atomic E-state index is 11.0. The highest BCUT2D eigenvalue weighted by molar-refractivity contribution is 9.10. The molecule has 1 N–H and O–H groups in total. The third kappa shape index (κ3) is 2.73. The zero-order chi connectivity index (χ0) is 10.7. The molecule has 0 aliphatic heterocycles. The molecule has 3 nitrogen and oxygen atoms in total. The monoisotopic (exact) mass is 256 g/mol. The summed E-state index contributed by atoms with van der Waals surface area (Å²) in [6.45, 7) is 1.50. The van der Waals surface area contributed by atoms with E-state index < -0.39 is 0 Å². The molecule has 4 heteroatoms. The van der Waals surface area contributed by atoms with E-state index >= 15 is 0 Å². The summed E-state index contributed by atoms with van der Waals surface area (Å²) in [7, 11) is 3.88. The molecule has 1 rings (SSSR count). The molecule has 0 unspecified atom stereocenters. The minimum absolute atomic E-state index is 0.0637. The smallest absolute Gasteiger partial charge is 0.221 e. The third-order valence-electron chi connectivity index (χ3n) is 1.75. The summed E-state index contributed by atoms with van der Waals surface area (Å²) in [5, 5.41) is 2.78. The molecule has 1 amide bonds. The van der Waals surface area contributed by atoms with Gasteiger partial charge in [0.05, 0.1) is 11.4 Å². The van der Waals surface area contributed by atoms with Gasteiger partial charge in [-0.1, -0.05) is 15.9 Å². The number of carbonyl (C=O) groups is 1. The predicted molar refractivity (Wildman–Crippen MR) is 62.8 cm³/mol. The van der Waals surface area contributed by atoms with E-state index in [0.29, 0.717) is 0 Å². The molecule has 0 bridgehead atoms. The lowest BCUT2D eigenvalue weighted by Gasteiger charge is -2.17. The van der Waals surface area contributed by atoms with E-state index in [0.717, 1.165) is 15.8 Å². The van der Waals surface area contributed by atoms with Crippen molar-refractivity contribution in [2.24, 2.45) is 0 Å². The summed E-state index contributed by atoms with van der Waals surface area (Å²) >= 11 is 3.37. The summed E-state index contributed by atoms with van der Waals surface area (Å²) in [5.74, 6) is -0.0637. The van der Waals surface area contributed by atoms with Crippen LogP contribution in [0.15, 0.2) is 22.7 Å². The minimum atomic E-state index is -0.0637. The van der Waals surface area contributed by atoms with Crippen molar-refractivity contribution < 1.29 is 4.79 Å². The first kappa shape index (κ1) is 11.0. The van der Waals surface area contributed by atoms with Gasteiger partial charge in [0.2, 0.25) is 5.91 Å². The zero-order valence-corrected chi connectivity index (χ0v) is 10.1. The minimum Gasteiger partial charge on any atom is -0.376 e. The zero-order valence-electron chi connectivity index (χ0n) is 8.47. The van der Waals surface area contributed by atoms with Crippen molar-refractivity contribution in [2.45, 2.75) is 6.92 Å². The Labute approximate surface area is 92.2 Å². The lowest BCUT2D eigenvalue weighted by atomic mass is 10.2. The first-order valence-electron chi connectivity index (χ1n) is 4.25. The molecule has 1 aromatic carbocycles. The summed E-state index contributed by atoms with van der Waals surface area (Å²) < 4.78 is 0.951. The van der Waals surface area contributed by atoms with Crippen LogP contribution in [-0.4, -0.2) is 20.0 Å². The molecule has 0 saturated heterocycles. The highest BCUT2D eigenvalue weighted by atomic mass is 79.9. The van der Waals surface area contributed by atoms with E-state index in [2.05, 4.69) is 21.2 Å². The summed E-state index contributed by atoms with van der Waals surface area (Å²) in [5.41, 5.74) is 1.81. The summed E-state index contributed by atoms with van der Waals surface area (Å²) in [6.07, 6.45) is 0. The van der Waals surface area contributed by atoms with Crippen LogP contribution in [0.1, 0.15) is 6.92 Å². The topological polar surface area (TPSA) is 32.3 Å². The molecule has 0 atom stereocenters. The van der Waals surface area contributed by atoms with Crippen LogP contribution in [-0.2, 0) is 4.79 Å². The maximum Gasteiger partial charge on any atom is 0.221 e. The SMILES string of the molecule is CC(=O)Nc1cc(Br)ccc1N(C)C. The summed E-state index contributed by atoms with van der Waals surface area (Å²) in [4.78, 5) is 12.9. The fraction of sp³-hybridized carbons (Fsp3) is 0.300. The van der Waals surface area contributed by atoms with E-state index in [9.17, 15) is 4.79 Å². The van der Waals surface area contributed by atoms with Gasteiger partial charge in [-0.25, -0.2) is 0 Å². The molecule has 76 valence electrons. The molecule has 0 aliphatic rings. The van der Waals surface area contributed by atoms with Crippen LogP contribution >= 0.6 is 15.9 Å². The number of anilines is 2. The highest BCUT2D eigenvalue weighted by Gasteiger charge is 2.05. The van der Waals surface area contributed by atoms with Crippen molar-refractivity contribution in [3.8, 4) is 0 Å². The normalized spacial score (nSPS) is 9.71. The van der Waals surface area contributed by atoms with Gasteiger partial charge in [-0.15, -0.1) is 0 Å². The van der Waals surface area contributed by atoms with Crippen molar-refractivity contribution in [1.82, 2.24) is 0 Å². The highest BCUT2D eigenvalue weighted by Crippen LogP contribution is 2.27. The van der Waals surface area contributed by atoms with Gasteiger partial charge in [0.15, 0.2) is 0 Å². The average Bonchev–Trinajstić information content (AvgIpc) is 2.01. The van der Waals surface area contributed by atoms with Crippen LogP contribution < -0.4 is 10.2 Å². The van der Waals surface area contributed by atoms with Crippen molar-refractivity contribution >= 4 is 33.2 Å². The first-order chi connectivity index (χ1) is 6.50. The number of hydrogen-bond donors (Lipinski definition) is 1. The predicted octanol–water partition coefficient (Wildman–Crippen LogP) is 2.47. The number of carbonyl (C=O) groups excluding carboxylic acids is 1. The van der Waals surface area contributed by atoms with E-state index in [4.69, 9.17) is 0 Å². The number of halogens is 1. The lowest BCUT2D eigenvalue weighted by molar-refractivity contribution is -0.114. The number of hydrogen-bond acceptors (Lipinski definition) is 2. The van der Waals surface area contributed by atoms with Crippen LogP contribution in [0, 0.1) is 0 Å². The Morgan fingerprint density at radius 2 is 2.07 bits per heavy atom. The van der Waals surface area contributed by atoms with Crippen LogP contribution in [0.3, 0.4) is 0 Å². The van der Waals surface area contributed by atoms with Gasteiger partial charge in [0.1, 0.15) is 0 Å². The van der Waals surface area contributed by atoms with E-state index in [1.54, 1.807) is 0 Å². The third-order valence-corrected chi connectivity index (χ3v) is 2.24. The maximum atomic E-state index is 11.0. The van der Waals surface area contributed by atoms with Gasteiger partial charge in [0, 0.05) is 25.5 Å². The molecule has 0 spiro atoms. The number of rotatable bonds is 2. The number of amides is 1. The second-order valence-corrected chi connectivity index (χ2v) is 4.15. The Hall–Kier alpha value is -1.03. The lowest BCUT2D eigenvalue weighted by Crippen LogP contribution is -2.14. The Morgan fingerprint density at radius 1 is 1.43 bits per heavy atom. The Morgan fingerprint density at radius 3 is 2.57 bits per heavy atom. The molecule has 0 fully saturated rings. The Kier molecular flexibility index (Phi) is 3.52. The van der Waals surface area contributed by atoms with Crippen molar-refractivity contribution in [1.29, 1.82) is 0 Å². The fourth-order valence-electron chi connectivity index (χ4n) is 1.19. The first-order valence-corrected chi connectivity index (χ1v) is 5.04. The van der Waals surface area contributed by atoms with Crippen LogP contribution in [0.5, 0.6) is 0 Å². The standard InChI is InChI=1S/C10H13BrN2O/c1-7(14)12-9-6-8(11)4-5-10(9)13(2)3/h4-6H,1-3H3,(H,12,14).